The zero-order valence-electron chi connectivity index (χ0n) is 14.3. The Labute approximate surface area is 174 Å². The molecular weight excluding hydrogens is 452 g/mol. The zero-order chi connectivity index (χ0) is 19.4. The van der Waals surface area contributed by atoms with Crippen LogP contribution in [0.3, 0.4) is 0 Å². The Hall–Kier alpha value is -2.03. The van der Waals surface area contributed by atoms with Crippen molar-refractivity contribution in [3.05, 3.63) is 52.0 Å². The number of carbonyl (C=O) groups is 1. The van der Waals surface area contributed by atoms with E-state index >= 15 is 0 Å². The monoisotopic (exact) mass is 466 g/mol. The molecule has 140 valence electrons. The number of anilines is 1. The number of benzene rings is 2. The number of amides is 1. The van der Waals surface area contributed by atoms with Crippen LogP contribution in [-0.4, -0.2) is 31.5 Å². The number of nitrogens with one attached hydrogen (secondary N) is 1. The SMILES string of the molecule is CCn1c(SCC(=O)Nc2cccc(Cl)c2)nnc1-c1cc(Br)ccc1O. The van der Waals surface area contributed by atoms with Crippen molar-refractivity contribution in [2.45, 2.75) is 18.6 Å². The Morgan fingerprint density at radius 2 is 2.11 bits per heavy atom. The summed E-state index contributed by atoms with van der Waals surface area (Å²) in [5, 5.41) is 22.5. The van der Waals surface area contributed by atoms with Gasteiger partial charge in [0.15, 0.2) is 11.0 Å². The average molecular weight is 468 g/mol. The normalized spacial score (nSPS) is 10.8. The van der Waals surface area contributed by atoms with Gasteiger partial charge in [0.1, 0.15) is 5.75 Å². The predicted molar refractivity (Wildman–Crippen MR) is 111 cm³/mol. The van der Waals surface area contributed by atoms with E-state index in [-0.39, 0.29) is 17.4 Å². The lowest BCUT2D eigenvalue weighted by atomic mass is 10.2. The van der Waals surface area contributed by atoms with E-state index in [2.05, 4.69) is 31.4 Å². The maximum Gasteiger partial charge on any atom is 0.234 e. The Kier molecular flexibility index (Phi) is 6.41. The van der Waals surface area contributed by atoms with E-state index in [0.717, 1.165) is 4.47 Å². The van der Waals surface area contributed by atoms with Gasteiger partial charge in [0, 0.05) is 21.7 Å². The van der Waals surface area contributed by atoms with Gasteiger partial charge in [-0.1, -0.05) is 45.4 Å². The summed E-state index contributed by atoms with van der Waals surface area (Å²) >= 11 is 10.6. The van der Waals surface area contributed by atoms with E-state index in [4.69, 9.17) is 11.6 Å². The van der Waals surface area contributed by atoms with Crippen LogP contribution in [0.1, 0.15) is 6.92 Å². The molecule has 0 aliphatic rings. The summed E-state index contributed by atoms with van der Waals surface area (Å²) in [6.45, 7) is 2.56. The molecule has 2 aromatic carbocycles. The highest BCUT2D eigenvalue weighted by Crippen LogP contribution is 2.32. The molecule has 0 saturated heterocycles. The number of aromatic hydroxyl groups is 1. The van der Waals surface area contributed by atoms with Gasteiger partial charge in [-0.05, 0) is 43.3 Å². The number of hydrogen-bond acceptors (Lipinski definition) is 5. The van der Waals surface area contributed by atoms with E-state index in [1.165, 1.54) is 11.8 Å². The van der Waals surface area contributed by atoms with Crippen LogP contribution in [0, 0.1) is 0 Å². The third kappa shape index (κ3) is 4.82. The van der Waals surface area contributed by atoms with Gasteiger partial charge in [-0.15, -0.1) is 10.2 Å². The largest absolute Gasteiger partial charge is 0.507 e. The third-order valence-corrected chi connectivity index (χ3v) is 5.37. The first-order chi connectivity index (χ1) is 13.0. The number of aromatic nitrogens is 3. The van der Waals surface area contributed by atoms with E-state index in [1.807, 2.05) is 11.5 Å². The first-order valence-electron chi connectivity index (χ1n) is 8.08. The number of carbonyl (C=O) groups excluding carboxylic acids is 1. The molecule has 2 N–H and O–H groups in total. The summed E-state index contributed by atoms with van der Waals surface area (Å²) < 4.78 is 2.69. The summed E-state index contributed by atoms with van der Waals surface area (Å²) in [4.78, 5) is 12.2. The number of rotatable bonds is 6. The van der Waals surface area contributed by atoms with E-state index in [9.17, 15) is 9.90 Å². The quantitative estimate of drug-likeness (QED) is 0.508. The van der Waals surface area contributed by atoms with Crippen LogP contribution in [0.5, 0.6) is 5.75 Å². The molecule has 0 saturated carbocycles. The van der Waals surface area contributed by atoms with Crippen molar-refractivity contribution in [3.63, 3.8) is 0 Å². The minimum Gasteiger partial charge on any atom is -0.507 e. The lowest BCUT2D eigenvalue weighted by Crippen LogP contribution is -2.14. The van der Waals surface area contributed by atoms with Crippen molar-refractivity contribution in [1.82, 2.24) is 14.8 Å². The summed E-state index contributed by atoms with van der Waals surface area (Å²) in [6.07, 6.45) is 0. The highest BCUT2D eigenvalue weighted by Gasteiger charge is 2.17. The molecule has 0 radical (unpaired) electrons. The van der Waals surface area contributed by atoms with E-state index in [1.54, 1.807) is 42.5 Å². The molecule has 9 heteroatoms. The number of halogens is 2. The van der Waals surface area contributed by atoms with Crippen molar-refractivity contribution < 1.29 is 9.90 Å². The van der Waals surface area contributed by atoms with Gasteiger partial charge >= 0.3 is 0 Å². The van der Waals surface area contributed by atoms with Crippen molar-refractivity contribution in [3.8, 4) is 17.1 Å². The molecular formula is C18H16BrClN4O2S. The van der Waals surface area contributed by atoms with Gasteiger partial charge < -0.3 is 15.0 Å². The van der Waals surface area contributed by atoms with Gasteiger partial charge in [0.05, 0.1) is 11.3 Å². The third-order valence-electron chi connectivity index (χ3n) is 3.67. The highest BCUT2D eigenvalue weighted by atomic mass is 79.9. The molecule has 0 aliphatic carbocycles. The molecule has 1 amide bonds. The second kappa shape index (κ2) is 8.77. The molecule has 0 fully saturated rings. The van der Waals surface area contributed by atoms with Crippen LogP contribution in [-0.2, 0) is 11.3 Å². The maximum atomic E-state index is 12.2. The fraction of sp³-hybridized carbons (Fsp3) is 0.167. The maximum absolute atomic E-state index is 12.2. The van der Waals surface area contributed by atoms with Crippen LogP contribution >= 0.6 is 39.3 Å². The van der Waals surface area contributed by atoms with Gasteiger partial charge in [-0.2, -0.15) is 0 Å². The molecule has 1 heterocycles. The number of thioether (sulfide) groups is 1. The Morgan fingerprint density at radius 3 is 2.85 bits per heavy atom. The lowest BCUT2D eigenvalue weighted by molar-refractivity contribution is -0.113. The molecule has 0 spiro atoms. The van der Waals surface area contributed by atoms with Crippen molar-refractivity contribution in [2.24, 2.45) is 0 Å². The van der Waals surface area contributed by atoms with Crippen LogP contribution in [0.25, 0.3) is 11.4 Å². The van der Waals surface area contributed by atoms with Crippen molar-refractivity contribution in [2.75, 3.05) is 11.1 Å². The van der Waals surface area contributed by atoms with E-state index < -0.39 is 0 Å². The second-order valence-electron chi connectivity index (χ2n) is 5.56. The van der Waals surface area contributed by atoms with Crippen molar-refractivity contribution in [1.29, 1.82) is 0 Å². The molecule has 0 bridgehead atoms. The summed E-state index contributed by atoms with van der Waals surface area (Å²) in [5.41, 5.74) is 1.22. The van der Waals surface area contributed by atoms with Crippen LogP contribution in [0.15, 0.2) is 52.1 Å². The molecule has 27 heavy (non-hydrogen) atoms. The molecule has 0 aliphatic heterocycles. The van der Waals surface area contributed by atoms with Gasteiger partial charge in [-0.3, -0.25) is 4.79 Å². The number of phenols is 1. The highest BCUT2D eigenvalue weighted by molar-refractivity contribution is 9.10. The topological polar surface area (TPSA) is 80.0 Å². The minimum atomic E-state index is -0.167. The first-order valence-corrected chi connectivity index (χ1v) is 10.2. The summed E-state index contributed by atoms with van der Waals surface area (Å²) in [7, 11) is 0. The average Bonchev–Trinajstić information content (AvgIpc) is 3.04. The second-order valence-corrected chi connectivity index (χ2v) is 7.85. The molecule has 0 atom stereocenters. The van der Waals surface area contributed by atoms with Gasteiger partial charge in [0.2, 0.25) is 5.91 Å². The first kappa shape index (κ1) is 19.7. The zero-order valence-corrected chi connectivity index (χ0v) is 17.5. The Morgan fingerprint density at radius 1 is 1.30 bits per heavy atom. The molecule has 6 nitrogen and oxygen atoms in total. The molecule has 0 unspecified atom stereocenters. The standard InChI is InChI=1S/C18H16BrClN4O2S/c1-2-24-17(14-8-11(19)6-7-15(14)25)22-23-18(24)27-10-16(26)21-13-5-3-4-12(20)9-13/h3-9,25H,2,10H2,1H3,(H,21,26). The summed E-state index contributed by atoms with van der Waals surface area (Å²) in [5.74, 6) is 0.680. The van der Waals surface area contributed by atoms with Crippen LogP contribution in [0.4, 0.5) is 5.69 Å². The number of nitrogens with zero attached hydrogens (tertiary/aromatic N) is 3. The van der Waals surface area contributed by atoms with Crippen LogP contribution < -0.4 is 5.32 Å². The Bertz CT molecular complexity index is 980. The summed E-state index contributed by atoms with van der Waals surface area (Å²) in [6, 6.07) is 12.1. The van der Waals surface area contributed by atoms with E-state index in [0.29, 0.717) is 33.8 Å². The smallest absolute Gasteiger partial charge is 0.234 e. The van der Waals surface area contributed by atoms with Gasteiger partial charge in [0.25, 0.3) is 0 Å². The molecule has 3 aromatic rings. The fourth-order valence-electron chi connectivity index (χ4n) is 2.46. The number of phenolic OH excluding ortho intramolecular Hbond substituents is 1. The molecule has 1 aromatic heterocycles. The fourth-order valence-corrected chi connectivity index (χ4v) is 3.81. The Balaban J connectivity index is 1.73. The number of hydrogen-bond donors (Lipinski definition) is 2. The predicted octanol–water partition coefficient (Wildman–Crippen LogP) is 4.82. The minimum absolute atomic E-state index is 0.121. The lowest BCUT2D eigenvalue weighted by Gasteiger charge is -2.09. The van der Waals surface area contributed by atoms with Gasteiger partial charge in [-0.25, -0.2) is 0 Å². The van der Waals surface area contributed by atoms with Crippen LogP contribution in [0.2, 0.25) is 5.02 Å². The van der Waals surface area contributed by atoms with Crippen molar-refractivity contribution >= 4 is 50.9 Å². The molecule has 3 rings (SSSR count).